The molecule has 1 aromatic carbocycles. The fraction of sp³-hybridized carbons (Fsp3) is 0.500. The SMILES string of the molecule is CCOC(=O)/C=C/c1ccc(C(OCC)OCC)cc1OCC. The molecule has 5 nitrogen and oxygen atoms in total. The molecule has 0 aromatic heterocycles. The van der Waals surface area contributed by atoms with Crippen LogP contribution in [0.3, 0.4) is 0 Å². The van der Waals surface area contributed by atoms with Crippen molar-refractivity contribution in [3.8, 4) is 5.75 Å². The molecule has 0 fully saturated rings. The summed E-state index contributed by atoms with van der Waals surface area (Å²) >= 11 is 0. The standard InChI is InChI=1S/C18H26O5/c1-5-20-16-13-15(18(22-7-3)23-8-4)10-9-14(16)11-12-17(19)21-6-2/h9-13,18H,5-8H2,1-4H3/b12-11+. The van der Waals surface area contributed by atoms with Crippen LogP contribution in [0.5, 0.6) is 5.75 Å². The van der Waals surface area contributed by atoms with Crippen molar-refractivity contribution < 1.29 is 23.7 Å². The van der Waals surface area contributed by atoms with Gasteiger partial charge in [0.25, 0.3) is 0 Å². The molecule has 128 valence electrons. The minimum Gasteiger partial charge on any atom is -0.493 e. The van der Waals surface area contributed by atoms with Gasteiger partial charge in [-0.2, -0.15) is 0 Å². The maximum Gasteiger partial charge on any atom is 0.330 e. The molecular weight excluding hydrogens is 296 g/mol. The van der Waals surface area contributed by atoms with Crippen LogP contribution >= 0.6 is 0 Å². The molecule has 0 atom stereocenters. The predicted octanol–water partition coefficient (Wildman–Crippen LogP) is 3.73. The van der Waals surface area contributed by atoms with Gasteiger partial charge in [0.05, 0.1) is 13.2 Å². The zero-order chi connectivity index (χ0) is 17.1. The van der Waals surface area contributed by atoms with E-state index in [1.165, 1.54) is 6.08 Å². The summed E-state index contributed by atoms with van der Waals surface area (Å²) in [6.07, 6.45) is 2.65. The molecule has 1 rings (SSSR count). The Morgan fingerprint density at radius 1 is 1.04 bits per heavy atom. The van der Waals surface area contributed by atoms with E-state index < -0.39 is 6.29 Å². The van der Waals surface area contributed by atoms with Crippen molar-refractivity contribution in [3.05, 3.63) is 35.4 Å². The van der Waals surface area contributed by atoms with Crippen LogP contribution in [0.25, 0.3) is 6.08 Å². The first-order valence-corrected chi connectivity index (χ1v) is 8.00. The third kappa shape index (κ3) is 6.42. The van der Waals surface area contributed by atoms with E-state index in [9.17, 15) is 4.79 Å². The van der Waals surface area contributed by atoms with Gasteiger partial charge in [-0.3, -0.25) is 0 Å². The summed E-state index contributed by atoms with van der Waals surface area (Å²) in [5.41, 5.74) is 1.68. The quantitative estimate of drug-likeness (QED) is 0.373. The van der Waals surface area contributed by atoms with Crippen molar-refractivity contribution in [1.29, 1.82) is 0 Å². The zero-order valence-electron chi connectivity index (χ0n) is 14.3. The molecule has 0 saturated carbocycles. The van der Waals surface area contributed by atoms with Gasteiger partial charge in [-0.1, -0.05) is 12.1 Å². The highest BCUT2D eigenvalue weighted by atomic mass is 16.7. The van der Waals surface area contributed by atoms with Crippen LogP contribution in [0.15, 0.2) is 24.3 Å². The Balaban J connectivity index is 3.02. The fourth-order valence-corrected chi connectivity index (χ4v) is 2.01. The van der Waals surface area contributed by atoms with E-state index in [1.54, 1.807) is 13.0 Å². The first-order valence-electron chi connectivity index (χ1n) is 8.00. The van der Waals surface area contributed by atoms with E-state index in [0.29, 0.717) is 32.2 Å². The van der Waals surface area contributed by atoms with Crippen molar-refractivity contribution in [3.63, 3.8) is 0 Å². The van der Waals surface area contributed by atoms with E-state index in [2.05, 4.69) is 0 Å². The minimum absolute atomic E-state index is 0.352. The Morgan fingerprint density at radius 3 is 2.30 bits per heavy atom. The Morgan fingerprint density at radius 2 is 1.74 bits per heavy atom. The molecule has 0 amide bonds. The number of esters is 1. The van der Waals surface area contributed by atoms with Gasteiger partial charge >= 0.3 is 5.97 Å². The highest BCUT2D eigenvalue weighted by Gasteiger charge is 2.14. The van der Waals surface area contributed by atoms with E-state index in [1.807, 2.05) is 39.0 Å². The maximum absolute atomic E-state index is 11.4. The number of carbonyl (C=O) groups excluding carboxylic acids is 1. The second-order valence-corrected chi connectivity index (χ2v) is 4.56. The number of hydrogen-bond donors (Lipinski definition) is 0. The van der Waals surface area contributed by atoms with Gasteiger partial charge in [-0.25, -0.2) is 4.79 Å². The molecule has 0 aliphatic carbocycles. The van der Waals surface area contributed by atoms with Crippen molar-refractivity contribution in [1.82, 2.24) is 0 Å². The average molecular weight is 322 g/mol. The van der Waals surface area contributed by atoms with Gasteiger partial charge in [0.1, 0.15) is 5.75 Å². The minimum atomic E-state index is -0.424. The lowest BCUT2D eigenvalue weighted by Crippen LogP contribution is -2.09. The van der Waals surface area contributed by atoms with Gasteiger partial charge in [0.15, 0.2) is 6.29 Å². The van der Waals surface area contributed by atoms with Crippen molar-refractivity contribution in [2.75, 3.05) is 26.4 Å². The summed E-state index contributed by atoms with van der Waals surface area (Å²) in [7, 11) is 0. The van der Waals surface area contributed by atoms with Crippen molar-refractivity contribution in [2.45, 2.75) is 34.0 Å². The lowest BCUT2D eigenvalue weighted by molar-refractivity contribution is -0.140. The Labute approximate surface area is 138 Å². The molecule has 23 heavy (non-hydrogen) atoms. The molecule has 0 unspecified atom stereocenters. The van der Waals surface area contributed by atoms with Crippen LogP contribution in [0.1, 0.15) is 45.1 Å². The second-order valence-electron chi connectivity index (χ2n) is 4.56. The van der Waals surface area contributed by atoms with Crippen LogP contribution < -0.4 is 4.74 Å². The van der Waals surface area contributed by atoms with E-state index >= 15 is 0 Å². The Hall–Kier alpha value is -1.85. The summed E-state index contributed by atoms with van der Waals surface area (Å²) in [6.45, 7) is 9.51. The molecule has 0 N–H and O–H groups in total. The second kappa shape index (κ2) is 10.8. The van der Waals surface area contributed by atoms with Gasteiger partial charge in [-0.15, -0.1) is 0 Å². The number of ether oxygens (including phenoxy) is 4. The van der Waals surface area contributed by atoms with Gasteiger partial charge < -0.3 is 18.9 Å². The first-order chi connectivity index (χ1) is 11.2. The normalized spacial score (nSPS) is 11.2. The average Bonchev–Trinajstić information content (AvgIpc) is 2.54. The van der Waals surface area contributed by atoms with Gasteiger partial charge in [0, 0.05) is 30.4 Å². The predicted molar refractivity (Wildman–Crippen MR) is 89.3 cm³/mol. The van der Waals surface area contributed by atoms with Gasteiger partial charge in [0.2, 0.25) is 0 Å². The van der Waals surface area contributed by atoms with E-state index in [4.69, 9.17) is 18.9 Å². The van der Waals surface area contributed by atoms with Crippen molar-refractivity contribution in [2.24, 2.45) is 0 Å². The van der Waals surface area contributed by atoms with Crippen LogP contribution in [-0.2, 0) is 19.0 Å². The topological polar surface area (TPSA) is 54.0 Å². The first kappa shape index (κ1) is 19.2. The number of rotatable bonds is 10. The van der Waals surface area contributed by atoms with Crippen molar-refractivity contribution >= 4 is 12.0 Å². The molecule has 0 radical (unpaired) electrons. The summed E-state index contributed by atoms with van der Waals surface area (Å²) in [5.74, 6) is 0.301. The summed E-state index contributed by atoms with van der Waals surface area (Å²) in [5, 5.41) is 0. The Bertz CT molecular complexity index is 504. The third-order valence-corrected chi connectivity index (χ3v) is 2.93. The molecule has 0 aliphatic heterocycles. The van der Waals surface area contributed by atoms with Crippen LogP contribution in [0.2, 0.25) is 0 Å². The molecule has 0 heterocycles. The highest BCUT2D eigenvalue weighted by molar-refractivity contribution is 5.87. The van der Waals surface area contributed by atoms with E-state index in [0.717, 1.165) is 11.1 Å². The fourth-order valence-electron chi connectivity index (χ4n) is 2.01. The lowest BCUT2D eigenvalue weighted by Gasteiger charge is -2.19. The molecule has 0 bridgehead atoms. The molecule has 0 spiro atoms. The molecule has 5 heteroatoms. The highest BCUT2D eigenvalue weighted by Crippen LogP contribution is 2.28. The number of hydrogen-bond acceptors (Lipinski definition) is 5. The summed E-state index contributed by atoms with van der Waals surface area (Å²) in [6, 6.07) is 5.66. The van der Waals surface area contributed by atoms with E-state index in [-0.39, 0.29) is 5.97 Å². The van der Waals surface area contributed by atoms with Gasteiger partial charge in [-0.05, 0) is 39.8 Å². The summed E-state index contributed by atoms with van der Waals surface area (Å²) in [4.78, 5) is 11.4. The Kier molecular flexibility index (Phi) is 9.02. The van der Waals surface area contributed by atoms with Crippen LogP contribution in [0.4, 0.5) is 0 Å². The van der Waals surface area contributed by atoms with Crippen LogP contribution in [0, 0.1) is 0 Å². The van der Waals surface area contributed by atoms with Crippen LogP contribution in [-0.4, -0.2) is 32.4 Å². The molecular formula is C18H26O5. The number of benzene rings is 1. The smallest absolute Gasteiger partial charge is 0.330 e. The zero-order valence-corrected chi connectivity index (χ0v) is 14.3. The maximum atomic E-state index is 11.4. The molecule has 0 aliphatic rings. The third-order valence-electron chi connectivity index (χ3n) is 2.93. The molecule has 0 saturated heterocycles. The lowest BCUT2D eigenvalue weighted by atomic mass is 10.1. The molecule has 1 aromatic rings. The number of carbonyl (C=O) groups is 1. The monoisotopic (exact) mass is 322 g/mol. The largest absolute Gasteiger partial charge is 0.493 e. The summed E-state index contributed by atoms with van der Waals surface area (Å²) < 4.78 is 21.7.